The van der Waals surface area contributed by atoms with E-state index in [9.17, 15) is 4.79 Å². The predicted octanol–water partition coefficient (Wildman–Crippen LogP) is 4.50. The highest BCUT2D eigenvalue weighted by molar-refractivity contribution is 8.00. The second-order valence-corrected chi connectivity index (χ2v) is 9.99. The van der Waals surface area contributed by atoms with Gasteiger partial charge in [0.05, 0.1) is 11.4 Å². The molecule has 0 atom stereocenters. The van der Waals surface area contributed by atoms with Crippen molar-refractivity contribution in [3.63, 3.8) is 0 Å². The van der Waals surface area contributed by atoms with Crippen LogP contribution in [0.4, 0.5) is 5.13 Å². The van der Waals surface area contributed by atoms with Crippen LogP contribution in [0, 0.1) is 6.92 Å². The third-order valence-electron chi connectivity index (χ3n) is 3.70. The molecule has 0 aliphatic rings. The molecule has 0 saturated carbocycles. The number of nitrogens with zero attached hydrogens (tertiary/aromatic N) is 3. The van der Waals surface area contributed by atoms with E-state index in [0.29, 0.717) is 5.13 Å². The van der Waals surface area contributed by atoms with Gasteiger partial charge in [0.1, 0.15) is 0 Å². The normalized spacial score (nSPS) is 10.9. The zero-order valence-electron chi connectivity index (χ0n) is 15.6. The summed E-state index contributed by atoms with van der Waals surface area (Å²) in [5.74, 6) is 2.04. The Labute approximate surface area is 181 Å². The van der Waals surface area contributed by atoms with Gasteiger partial charge in [0.15, 0.2) is 9.50 Å². The maximum absolute atomic E-state index is 12.2. The number of amides is 1. The number of benzene rings is 1. The highest BCUT2D eigenvalue weighted by Crippen LogP contribution is 2.28. The number of hydrogen-bond acceptors (Lipinski definition) is 8. The third kappa shape index (κ3) is 6.54. The van der Waals surface area contributed by atoms with Gasteiger partial charge in [0.2, 0.25) is 11.0 Å². The molecule has 2 aromatic heterocycles. The molecule has 2 N–H and O–H groups in total. The van der Waals surface area contributed by atoms with Crippen molar-refractivity contribution in [3.8, 4) is 0 Å². The zero-order chi connectivity index (χ0) is 19.8. The highest BCUT2D eigenvalue weighted by Gasteiger charge is 2.12. The quantitative estimate of drug-likeness (QED) is 0.347. The van der Waals surface area contributed by atoms with Gasteiger partial charge in [-0.1, -0.05) is 65.2 Å². The molecule has 0 aliphatic carbocycles. The van der Waals surface area contributed by atoms with E-state index in [0.717, 1.165) is 38.8 Å². The molecule has 0 bridgehead atoms. The van der Waals surface area contributed by atoms with E-state index in [1.165, 1.54) is 28.7 Å². The maximum atomic E-state index is 12.2. The van der Waals surface area contributed by atoms with Crippen LogP contribution in [0.25, 0.3) is 0 Å². The van der Waals surface area contributed by atoms with Crippen molar-refractivity contribution in [2.45, 2.75) is 28.6 Å². The van der Waals surface area contributed by atoms with Crippen LogP contribution in [-0.4, -0.2) is 43.8 Å². The number of thioether (sulfide) groups is 3. The molecule has 0 unspecified atom stereocenters. The van der Waals surface area contributed by atoms with Crippen LogP contribution in [0.15, 0.2) is 39.8 Å². The van der Waals surface area contributed by atoms with Gasteiger partial charge in [-0.3, -0.25) is 10.1 Å². The predicted molar refractivity (Wildman–Crippen MR) is 121 cm³/mol. The number of aromatic amines is 1. The standard InChI is InChI=1S/C18H21N5OS4/c1-12-14(8-9-25-2)20-16(19-12)26-11-15(24)21-17-22-23-18(28-17)27-10-13-6-4-3-5-7-13/h3-7H,8-11H2,1-2H3,(H,19,20)(H,21,22,24). The Morgan fingerprint density at radius 2 is 2.04 bits per heavy atom. The minimum Gasteiger partial charge on any atom is -0.337 e. The number of hydrogen-bond donors (Lipinski definition) is 2. The van der Waals surface area contributed by atoms with Gasteiger partial charge in [0, 0.05) is 17.9 Å². The summed E-state index contributed by atoms with van der Waals surface area (Å²) in [4.78, 5) is 20.0. The lowest BCUT2D eigenvalue weighted by atomic mass is 10.2. The van der Waals surface area contributed by atoms with Crippen molar-refractivity contribution in [1.29, 1.82) is 0 Å². The number of rotatable bonds is 10. The molecule has 2 heterocycles. The first-order valence-electron chi connectivity index (χ1n) is 8.61. The Bertz CT molecular complexity index is 897. The third-order valence-corrected chi connectivity index (χ3v) is 7.23. The van der Waals surface area contributed by atoms with Crippen molar-refractivity contribution in [2.24, 2.45) is 0 Å². The summed E-state index contributed by atoms with van der Waals surface area (Å²) in [6.07, 6.45) is 3.02. The number of anilines is 1. The number of aromatic nitrogens is 4. The van der Waals surface area contributed by atoms with Crippen molar-refractivity contribution in [3.05, 3.63) is 47.3 Å². The fourth-order valence-electron chi connectivity index (χ4n) is 2.30. The van der Waals surface area contributed by atoms with Crippen LogP contribution in [0.5, 0.6) is 0 Å². The fourth-order valence-corrected chi connectivity index (χ4v) is 5.17. The molecule has 6 nitrogen and oxygen atoms in total. The molecule has 0 aliphatic heterocycles. The van der Waals surface area contributed by atoms with Crippen molar-refractivity contribution < 1.29 is 4.79 Å². The second-order valence-electron chi connectivity index (χ2n) is 5.84. The Kier molecular flexibility index (Phi) is 8.26. The largest absolute Gasteiger partial charge is 0.337 e. The monoisotopic (exact) mass is 451 g/mol. The highest BCUT2D eigenvalue weighted by atomic mass is 32.2. The summed E-state index contributed by atoms with van der Waals surface area (Å²) in [6.45, 7) is 2.02. The Morgan fingerprint density at radius 3 is 2.82 bits per heavy atom. The molecule has 0 spiro atoms. The molecule has 0 radical (unpaired) electrons. The molecular weight excluding hydrogens is 431 g/mol. The van der Waals surface area contributed by atoms with Gasteiger partial charge in [0.25, 0.3) is 0 Å². The van der Waals surface area contributed by atoms with Gasteiger partial charge >= 0.3 is 0 Å². The number of H-pyrrole nitrogens is 1. The zero-order valence-corrected chi connectivity index (χ0v) is 18.9. The van der Waals surface area contributed by atoms with Crippen molar-refractivity contribution in [1.82, 2.24) is 20.2 Å². The molecule has 10 heteroatoms. The molecule has 0 fully saturated rings. The van der Waals surface area contributed by atoms with Gasteiger partial charge in [-0.2, -0.15) is 11.8 Å². The number of carbonyl (C=O) groups is 1. The molecule has 1 aromatic carbocycles. The van der Waals surface area contributed by atoms with Crippen LogP contribution in [0.3, 0.4) is 0 Å². The first-order valence-corrected chi connectivity index (χ1v) is 12.8. The van der Waals surface area contributed by atoms with E-state index in [1.54, 1.807) is 23.5 Å². The smallest absolute Gasteiger partial charge is 0.236 e. The molecule has 0 saturated heterocycles. The maximum Gasteiger partial charge on any atom is 0.236 e. The van der Waals surface area contributed by atoms with Gasteiger partial charge in [-0.25, -0.2) is 4.98 Å². The average Bonchev–Trinajstić information content (AvgIpc) is 3.30. The van der Waals surface area contributed by atoms with Crippen LogP contribution in [-0.2, 0) is 17.0 Å². The van der Waals surface area contributed by atoms with E-state index in [2.05, 4.69) is 43.9 Å². The Morgan fingerprint density at radius 1 is 1.21 bits per heavy atom. The first kappa shape index (κ1) is 21.2. The summed E-state index contributed by atoms with van der Waals surface area (Å²) in [5.41, 5.74) is 3.37. The SMILES string of the molecule is CSCCc1nc(SCC(=O)Nc2nnc(SCc3ccccc3)s2)[nH]c1C. The fraction of sp³-hybridized carbons (Fsp3) is 0.333. The second kappa shape index (κ2) is 10.9. The summed E-state index contributed by atoms with van der Waals surface area (Å²) in [7, 11) is 0. The van der Waals surface area contributed by atoms with Crippen LogP contribution in [0.2, 0.25) is 0 Å². The minimum absolute atomic E-state index is 0.111. The molecule has 148 valence electrons. The summed E-state index contributed by atoms with van der Waals surface area (Å²) >= 11 is 6.20. The lowest BCUT2D eigenvalue weighted by Gasteiger charge is -1.99. The summed E-state index contributed by atoms with van der Waals surface area (Å²) in [6, 6.07) is 10.2. The van der Waals surface area contributed by atoms with Gasteiger partial charge in [-0.05, 0) is 24.5 Å². The van der Waals surface area contributed by atoms with E-state index in [4.69, 9.17) is 0 Å². The molecule has 3 rings (SSSR count). The lowest BCUT2D eigenvalue weighted by Crippen LogP contribution is -2.13. The van der Waals surface area contributed by atoms with Crippen LogP contribution < -0.4 is 5.32 Å². The molecular formula is C18H21N5OS4. The number of imidazole rings is 1. The molecule has 1 amide bonds. The van der Waals surface area contributed by atoms with Crippen LogP contribution >= 0.6 is 46.6 Å². The summed E-state index contributed by atoms with van der Waals surface area (Å²) < 4.78 is 0.840. The van der Waals surface area contributed by atoms with Gasteiger partial charge in [-0.15, -0.1) is 10.2 Å². The number of carbonyl (C=O) groups excluding carboxylic acids is 1. The number of nitrogens with one attached hydrogen (secondary N) is 2. The Hall–Kier alpha value is -1.49. The average molecular weight is 452 g/mol. The number of aryl methyl sites for hydroxylation is 2. The van der Waals surface area contributed by atoms with E-state index < -0.39 is 0 Å². The molecule has 28 heavy (non-hydrogen) atoms. The van der Waals surface area contributed by atoms with E-state index in [-0.39, 0.29) is 11.7 Å². The van der Waals surface area contributed by atoms with Crippen molar-refractivity contribution in [2.75, 3.05) is 23.1 Å². The van der Waals surface area contributed by atoms with Gasteiger partial charge < -0.3 is 4.98 Å². The van der Waals surface area contributed by atoms with Crippen molar-refractivity contribution >= 4 is 57.7 Å². The lowest BCUT2D eigenvalue weighted by molar-refractivity contribution is -0.113. The van der Waals surface area contributed by atoms with Crippen LogP contribution in [0.1, 0.15) is 17.0 Å². The van der Waals surface area contributed by atoms with E-state index >= 15 is 0 Å². The minimum atomic E-state index is -0.111. The molecule has 3 aromatic rings. The Balaban J connectivity index is 1.44. The topological polar surface area (TPSA) is 83.6 Å². The summed E-state index contributed by atoms with van der Waals surface area (Å²) in [5, 5.41) is 12.3. The van der Waals surface area contributed by atoms with E-state index in [1.807, 2.05) is 25.1 Å². The first-order chi connectivity index (χ1) is 13.6.